The molecule has 1 aromatic carbocycles. The first-order valence-electron chi connectivity index (χ1n) is 8.62. The highest BCUT2D eigenvalue weighted by Crippen LogP contribution is 2.41. The molecule has 0 unspecified atom stereocenters. The van der Waals surface area contributed by atoms with E-state index in [9.17, 15) is 0 Å². The Hall–Kier alpha value is -1.59. The topological polar surface area (TPSA) is 29.0 Å². The Kier molecular flexibility index (Phi) is 3.71. The van der Waals surface area contributed by atoms with Crippen molar-refractivity contribution in [2.75, 3.05) is 18.0 Å². The van der Waals surface area contributed by atoms with Gasteiger partial charge in [-0.3, -0.25) is 0 Å². The molecule has 3 aromatic rings. The molecule has 1 aliphatic carbocycles. The Bertz CT molecular complexity index is 885. The van der Waals surface area contributed by atoms with Crippen molar-refractivity contribution in [2.45, 2.75) is 36.3 Å². The van der Waals surface area contributed by atoms with E-state index in [0.717, 1.165) is 24.7 Å². The summed E-state index contributed by atoms with van der Waals surface area (Å²) in [7, 11) is 0. The van der Waals surface area contributed by atoms with Crippen molar-refractivity contribution >= 4 is 39.1 Å². The number of benzene rings is 1. The van der Waals surface area contributed by atoms with Gasteiger partial charge >= 0.3 is 0 Å². The first-order valence-corrected chi connectivity index (χ1v) is 10.4. The van der Waals surface area contributed by atoms with Gasteiger partial charge in [0.05, 0.1) is 11.1 Å². The standard InChI is InChI=1S/C19H19N3S2/c1-2-6-13(7-3-1)23-12-16-20-18(22-10-5-11-22)17-14-8-4-9-15(14)24-19(17)21-16/h1-3,6-7H,4-5,8-12H2. The van der Waals surface area contributed by atoms with Crippen LogP contribution < -0.4 is 4.90 Å². The molecule has 5 rings (SSSR count). The number of fused-ring (bicyclic) bond motifs is 3. The van der Waals surface area contributed by atoms with Gasteiger partial charge in [0, 0.05) is 22.9 Å². The van der Waals surface area contributed by atoms with E-state index < -0.39 is 0 Å². The van der Waals surface area contributed by atoms with Crippen LogP contribution in [-0.4, -0.2) is 23.1 Å². The van der Waals surface area contributed by atoms with Crippen LogP contribution in [-0.2, 0) is 18.6 Å². The molecule has 0 atom stereocenters. The average Bonchev–Trinajstić information content (AvgIpc) is 3.12. The lowest BCUT2D eigenvalue weighted by atomic mass is 10.1. The maximum absolute atomic E-state index is 4.99. The summed E-state index contributed by atoms with van der Waals surface area (Å²) >= 11 is 3.72. The molecular weight excluding hydrogens is 334 g/mol. The number of anilines is 1. The van der Waals surface area contributed by atoms with Gasteiger partial charge in [-0.1, -0.05) is 18.2 Å². The summed E-state index contributed by atoms with van der Waals surface area (Å²) in [5.41, 5.74) is 1.54. The number of aryl methyl sites for hydroxylation is 2. The fourth-order valence-corrected chi connectivity index (χ4v) is 5.55. The highest BCUT2D eigenvalue weighted by atomic mass is 32.2. The molecule has 5 heteroatoms. The zero-order chi connectivity index (χ0) is 15.9. The molecule has 0 amide bonds. The van der Waals surface area contributed by atoms with Gasteiger partial charge in [-0.15, -0.1) is 23.1 Å². The van der Waals surface area contributed by atoms with Crippen LogP contribution in [0.2, 0.25) is 0 Å². The average molecular weight is 354 g/mol. The van der Waals surface area contributed by atoms with Crippen LogP contribution in [0.3, 0.4) is 0 Å². The summed E-state index contributed by atoms with van der Waals surface area (Å²) in [5, 5.41) is 1.36. The van der Waals surface area contributed by atoms with Crippen LogP contribution in [0.15, 0.2) is 35.2 Å². The van der Waals surface area contributed by atoms with Gasteiger partial charge in [0.15, 0.2) is 0 Å². The zero-order valence-electron chi connectivity index (χ0n) is 13.5. The van der Waals surface area contributed by atoms with E-state index in [1.54, 1.807) is 10.4 Å². The fourth-order valence-electron chi connectivity index (χ4n) is 3.51. The van der Waals surface area contributed by atoms with Crippen LogP contribution >= 0.6 is 23.1 Å². The number of rotatable bonds is 4. The van der Waals surface area contributed by atoms with Crippen molar-refractivity contribution < 1.29 is 0 Å². The zero-order valence-corrected chi connectivity index (χ0v) is 15.1. The second-order valence-corrected chi connectivity index (χ2v) is 8.58. The predicted octanol–water partition coefficient (Wildman–Crippen LogP) is 4.68. The molecule has 1 saturated heterocycles. The van der Waals surface area contributed by atoms with Gasteiger partial charge in [0.1, 0.15) is 16.5 Å². The van der Waals surface area contributed by atoms with Gasteiger partial charge in [0.2, 0.25) is 0 Å². The van der Waals surface area contributed by atoms with E-state index in [4.69, 9.17) is 9.97 Å². The Labute approximate surface area is 150 Å². The molecule has 3 nitrogen and oxygen atoms in total. The van der Waals surface area contributed by atoms with Crippen molar-refractivity contribution in [1.82, 2.24) is 9.97 Å². The molecule has 1 fully saturated rings. The van der Waals surface area contributed by atoms with E-state index in [1.165, 1.54) is 46.6 Å². The van der Waals surface area contributed by atoms with Crippen LogP contribution in [0.25, 0.3) is 10.2 Å². The normalized spacial score (nSPS) is 16.4. The molecule has 0 N–H and O–H groups in total. The Balaban J connectivity index is 1.53. The van der Waals surface area contributed by atoms with Crippen molar-refractivity contribution in [3.63, 3.8) is 0 Å². The lowest BCUT2D eigenvalue weighted by molar-refractivity contribution is 0.610. The SMILES string of the molecule is c1ccc(SCc2nc(N3CCC3)c3c4c(sc3n2)CCC4)cc1. The quantitative estimate of drug-likeness (QED) is 0.637. The lowest BCUT2D eigenvalue weighted by Gasteiger charge is -2.32. The second-order valence-electron chi connectivity index (χ2n) is 6.44. The molecule has 2 aromatic heterocycles. The Morgan fingerprint density at radius 3 is 2.71 bits per heavy atom. The monoisotopic (exact) mass is 353 g/mol. The van der Waals surface area contributed by atoms with E-state index in [1.807, 2.05) is 23.1 Å². The van der Waals surface area contributed by atoms with Crippen LogP contribution in [0.1, 0.15) is 29.1 Å². The maximum atomic E-state index is 4.99. The van der Waals surface area contributed by atoms with E-state index in [2.05, 4.69) is 35.2 Å². The molecule has 24 heavy (non-hydrogen) atoms. The summed E-state index contributed by atoms with van der Waals surface area (Å²) in [6.07, 6.45) is 5.01. The Morgan fingerprint density at radius 1 is 1.04 bits per heavy atom. The number of hydrogen-bond acceptors (Lipinski definition) is 5. The highest BCUT2D eigenvalue weighted by Gasteiger charge is 2.26. The summed E-state index contributed by atoms with van der Waals surface area (Å²) in [6, 6.07) is 10.5. The lowest BCUT2D eigenvalue weighted by Crippen LogP contribution is -2.38. The summed E-state index contributed by atoms with van der Waals surface area (Å²) in [6.45, 7) is 2.28. The van der Waals surface area contributed by atoms with Gasteiger partial charge in [-0.2, -0.15) is 0 Å². The number of nitrogens with zero attached hydrogens (tertiary/aromatic N) is 3. The summed E-state index contributed by atoms with van der Waals surface area (Å²) < 4.78 is 0. The van der Waals surface area contributed by atoms with Gasteiger partial charge in [-0.25, -0.2) is 9.97 Å². The molecule has 0 bridgehead atoms. The van der Waals surface area contributed by atoms with Crippen molar-refractivity contribution in [2.24, 2.45) is 0 Å². The van der Waals surface area contributed by atoms with E-state index in [-0.39, 0.29) is 0 Å². The summed E-state index contributed by atoms with van der Waals surface area (Å²) in [4.78, 5) is 16.4. The van der Waals surface area contributed by atoms with Crippen molar-refractivity contribution in [3.05, 3.63) is 46.6 Å². The van der Waals surface area contributed by atoms with Gasteiger partial charge < -0.3 is 4.90 Å². The van der Waals surface area contributed by atoms with Crippen molar-refractivity contribution in [3.8, 4) is 0 Å². The minimum absolute atomic E-state index is 0.837. The molecular formula is C19H19N3S2. The number of hydrogen-bond donors (Lipinski definition) is 0. The molecule has 0 saturated carbocycles. The van der Waals surface area contributed by atoms with Crippen molar-refractivity contribution in [1.29, 1.82) is 0 Å². The first-order chi connectivity index (χ1) is 11.9. The molecule has 1 aliphatic heterocycles. The fraction of sp³-hybridized carbons (Fsp3) is 0.368. The smallest absolute Gasteiger partial charge is 0.142 e. The molecule has 0 spiro atoms. The van der Waals surface area contributed by atoms with Crippen LogP contribution in [0, 0.1) is 0 Å². The second kappa shape index (κ2) is 6.05. The van der Waals surface area contributed by atoms with Gasteiger partial charge in [-0.05, 0) is 43.4 Å². The third-order valence-corrected chi connectivity index (χ3v) is 7.05. The van der Waals surface area contributed by atoms with E-state index >= 15 is 0 Å². The Morgan fingerprint density at radius 2 is 1.92 bits per heavy atom. The molecule has 122 valence electrons. The predicted molar refractivity (Wildman–Crippen MR) is 102 cm³/mol. The molecule has 3 heterocycles. The van der Waals surface area contributed by atoms with Gasteiger partial charge in [0.25, 0.3) is 0 Å². The maximum Gasteiger partial charge on any atom is 0.142 e. The molecule has 0 radical (unpaired) electrons. The van der Waals surface area contributed by atoms with E-state index in [0.29, 0.717) is 0 Å². The van der Waals surface area contributed by atoms with Crippen LogP contribution in [0.4, 0.5) is 5.82 Å². The van der Waals surface area contributed by atoms with Crippen LogP contribution in [0.5, 0.6) is 0 Å². The number of aromatic nitrogens is 2. The first kappa shape index (κ1) is 14.7. The number of thioether (sulfide) groups is 1. The minimum atomic E-state index is 0.837. The highest BCUT2D eigenvalue weighted by molar-refractivity contribution is 7.98. The third-order valence-electron chi connectivity index (χ3n) is 4.86. The largest absolute Gasteiger partial charge is 0.356 e. The minimum Gasteiger partial charge on any atom is -0.356 e. The third kappa shape index (κ3) is 2.50. The summed E-state index contributed by atoms with van der Waals surface area (Å²) in [5.74, 6) is 3.01. The molecule has 2 aliphatic rings. The number of thiophene rings is 1.